The number of halogens is 1. The summed E-state index contributed by atoms with van der Waals surface area (Å²) < 4.78 is 11.2. The van der Waals surface area contributed by atoms with Gasteiger partial charge in [-0.2, -0.15) is 0 Å². The summed E-state index contributed by atoms with van der Waals surface area (Å²) in [5.74, 6) is 1.24. The van der Waals surface area contributed by atoms with Crippen molar-refractivity contribution in [2.75, 3.05) is 0 Å². The zero-order chi connectivity index (χ0) is 9.80. The molecule has 2 rings (SSSR count). The Morgan fingerprint density at radius 2 is 2.29 bits per heavy atom. The van der Waals surface area contributed by atoms with Crippen LogP contribution >= 0.6 is 15.9 Å². The number of pyridine rings is 1. The van der Waals surface area contributed by atoms with Crippen LogP contribution in [0.3, 0.4) is 0 Å². The summed E-state index contributed by atoms with van der Waals surface area (Å²) in [6, 6.07) is 3.63. The molecule has 72 valence electrons. The van der Waals surface area contributed by atoms with E-state index in [0.717, 1.165) is 4.60 Å². The van der Waals surface area contributed by atoms with Gasteiger partial charge in [0.1, 0.15) is 16.6 Å². The largest absolute Gasteiger partial charge is 0.482 e. The van der Waals surface area contributed by atoms with E-state index in [1.54, 1.807) is 12.4 Å². The van der Waals surface area contributed by atoms with E-state index in [4.69, 9.17) is 9.15 Å². The Bertz CT molecular complexity index is 386. The van der Waals surface area contributed by atoms with Crippen LogP contribution in [-0.4, -0.2) is 9.97 Å². The monoisotopic (exact) mass is 254 g/mol. The van der Waals surface area contributed by atoms with Crippen molar-refractivity contribution in [3.05, 3.63) is 41.3 Å². The minimum absolute atomic E-state index is 0.316. The highest BCUT2D eigenvalue weighted by Gasteiger charge is 1.99. The first kappa shape index (κ1) is 9.21. The third-order valence-corrected chi connectivity index (χ3v) is 2.02. The number of hydrogen-bond acceptors (Lipinski definition) is 4. The van der Waals surface area contributed by atoms with Gasteiger partial charge in [0.25, 0.3) is 0 Å². The van der Waals surface area contributed by atoms with E-state index in [-0.39, 0.29) is 0 Å². The average molecular weight is 255 g/mol. The summed E-state index contributed by atoms with van der Waals surface area (Å²) in [5, 5.41) is 0. The number of oxazole rings is 1. The SMILES string of the molecule is Brc1ccc(OCc2ncco2)cn1. The van der Waals surface area contributed by atoms with Crippen molar-refractivity contribution in [2.45, 2.75) is 6.61 Å². The Balaban J connectivity index is 1.95. The summed E-state index contributed by atoms with van der Waals surface area (Å²) in [7, 11) is 0. The molecule has 0 aliphatic rings. The molecule has 2 heterocycles. The minimum Gasteiger partial charge on any atom is -0.482 e. The maximum absolute atomic E-state index is 5.37. The van der Waals surface area contributed by atoms with Crippen LogP contribution < -0.4 is 4.74 Å². The van der Waals surface area contributed by atoms with Gasteiger partial charge in [0.15, 0.2) is 6.61 Å². The molecule has 0 bridgehead atoms. The lowest BCUT2D eigenvalue weighted by Gasteiger charge is -2.01. The molecule has 0 N–H and O–H groups in total. The number of nitrogens with zero attached hydrogens (tertiary/aromatic N) is 2. The maximum Gasteiger partial charge on any atom is 0.232 e. The zero-order valence-corrected chi connectivity index (χ0v) is 8.77. The summed E-state index contributed by atoms with van der Waals surface area (Å²) in [6.45, 7) is 0.316. The predicted molar refractivity (Wildman–Crippen MR) is 52.8 cm³/mol. The topological polar surface area (TPSA) is 48.2 Å². The molecule has 2 aromatic rings. The average Bonchev–Trinajstić information content (AvgIpc) is 2.70. The molecule has 0 radical (unpaired) electrons. The van der Waals surface area contributed by atoms with Crippen molar-refractivity contribution >= 4 is 15.9 Å². The minimum atomic E-state index is 0.316. The molecule has 0 unspecified atom stereocenters. The third-order valence-electron chi connectivity index (χ3n) is 1.55. The molecule has 2 aromatic heterocycles. The van der Waals surface area contributed by atoms with E-state index in [2.05, 4.69) is 25.9 Å². The fraction of sp³-hybridized carbons (Fsp3) is 0.111. The van der Waals surface area contributed by atoms with Crippen molar-refractivity contribution in [3.63, 3.8) is 0 Å². The third kappa shape index (κ3) is 2.32. The number of rotatable bonds is 3. The Hall–Kier alpha value is -1.36. The van der Waals surface area contributed by atoms with Crippen molar-refractivity contribution in [1.82, 2.24) is 9.97 Å². The van der Waals surface area contributed by atoms with Gasteiger partial charge in [0, 0.05) is 0 Å². The summed E-state index contributed by atoms with van der Waals surface area (Å²) >= 11 is 3.24. The molecule has 0 amide bonds. The van der Waals surface area contributed by atoms with Gasteiger partial charge in [0.2, 0.25) is 5.89 Å². The number of hydrogen-bond donors (Lipinski definition) is 0. The molecular weight excluding hydrogens is 248 g/mol. The smallest absolute Gasteiger partial charge is 0.232 e. The van der Waals surface area contributed by atoms with Gasteiger partial charge < -0.3 is 9.15 Å². The Labute approximate surface area is 89.1 Å². The zero-order valence-electron chi connectivity index (χ0n) is 7.18. The molecule has 0 saturated carbocycles. The van der Waals surface area contributed by atoms with Crippen LogP contribution in [0.5, 0.6) is 5.75 Å². The van der Waals surface area contributed by atoms with Gasteiger partial charge in [0.05, 0.1) is 12.4 Å². The van der Waals surface area contributed by atoms with Crippen molar-refractivity contribution in [2.24, 2.45) is 0 Å². The summed E-state index contributed by atoms with van der Waals surface area (Å²) in [5.41, 5.74) is 0. The van der Waals surface area contributed by atoms with Crippen LogP contribution in [0.15, 0.2) is 39.8 Å². The molecule has 0 aliphatic carbocycles. The first-order valence-electron chi connectivity index (χ1n) is 3.97. The lowest BCUT2D eigenvalue weighted by atomic mass is 10.5. The fourth-order valence-electron chi connectivity index (χ4n) is 0.917. The summed E-state index contributed by atoms with van der Waals surface area (Å²) in [4.78, 5) is 7.95. The lowest BCUT2D eigenvalue weighted by molar-refractivity contribution is 0.262. The second kappa shape index (κ2) is 4.23. The Morgan fingerprint density at radius 3 is 2.93 bits per heavy atom. The highest BCUT2D eigenvalue weighted by atomic mass is 79.9. The first-order valence-corrected chi connectivity index (χ1v) is 4.76. The highest BCUT2D eigenvalue weighted by molar-refractivity contribution is 9.10. The number of aromatic nitrogens is 2. The lowest BCUT2D eigenvalue weighted by Crippen LogP contribution is -1.95. The van der Waals surface area contributed by atoms with E-state index in [1.807, 2.05) is 12.1 Å². The van der Waals surface area contributed by atoms with Crippen molar-refractivity contribution in [1.29, 1.82) is 0 Å². The van der Waals surface area contributed by atoms with Crippen LogP contribution in [0.4, 0.5) is 0 Å². The van der Waals surface area contributed by atoms with Gasteiger partial charge in [-0.3, -0.25) is 0 Å². The van der Waals surface area contributed by atoms with Crippen LogP contribution in [0.2, 0.25) is 0 Å². The Kier molecular flexibility index (Phi) is 2.78. The maximum atomic E-state index is 5.37. The van der Waals surface area contributed by atoms with Crippen LogP contribution in [0, 0.1) is 0 Å². The van der Waals surface area contributed by atoms with Crippen molar-refractivity contribution < 1.29 is 9.15 Å². The van der Waals surface area contributed by atoms with Crippen molar-refractivity contribution in [3.8, 4) is 5.75 Å². The fourth-order valence-corrected chi connectivity index (χ4v) is 1.15. The van der Waals surface area contributed by atoms with E-state index in [9.17, 15) is 0 Å². The van der Waals surface area contributed by atoms with Crippen LogP contribution in [0.25, 0.3) is 0 Å². The van der Waals surface area contributed by atoms with Gasteiger partial charge in [-0.1, -0.05) is 0 Å². The van der Waals surface area contributed by atoms with Gasteiger partial charge in [-0.15, -0.1) is 0 Å². The molecule has 0 saturated heterocycles. The van der Waals surface area contributed by atoms with E-state index in [0.29, 0.717) is 18.2 Å². The second-order valence-corrected chi connectivity index (χ2v) is 3.34. The quantitative estimate of drug-likeness (QED) is 0.790. The molecule has 5 heteroatoms. The van der Waals surface area contributed by atoms with Crippen LogP contribution in [-0.2, 0) is 6.61 Å². The highest BCUT2D eigenvalue weighted by Crippen LogP contribution is 2.13. The molecular formula is C9H7BrN2O2. The van der Waals surface area contributed by atoms with E-state index < -0.39 is 0 Å². The first-order chi connectivity index (χ1) is 6.84. The molecule has 0 spiro atoms. The molecule has 14 heavy (non-hydrogen) atoms. The number of ether oxygens (including phenoxy) is 1. The molecule has 0 fully saturated rings. The molecule has 0 aromatic carbocycles. The molecule has 4 nitrogen and oxygen atoms in total. The Morgan fingerprint density at radius 1 is 1.36 bits per heavy atom. The molecule has 0 atom stereocenters. The van der Waals surface area contributed by atoms with Crippen LogP contribution in [0.1, 0.15) is 5.89 Å². The van der Waals surface area contributed by atoms with E-state index in [1.165, 1.54) is 6.26 Å². The predicted octanol–water partition coefficient (Wildman–Crippen LogP) is 2.41. The van der Waals surface area contributed by atoms with E-state index >= 15 is 0 Å². The van der Waals surface area contributed by atoms with Gasteiger partial charge >= 0.3 is 0 Å². The standard InChI is InChI=1S/C9H7BrN2O2/c10-8-2-1-7(5-12-8)14-6-9-11-3-4-13-9/h1-5H,6H2. The van der Waals surface area contributed by atoms with Gasteiger partial charge in [-0.05, 0) is 28.1 Å². The van der Waals surface area contributed by atoms with Gasteiger partial charge in [-0.25, -0.2) is 9.97 Å². The summed E-state index contributed by atoms with van der Waals surface area (Å²) in [6.07, 6.45) is 4.73. The normalized spacial score (nSPS) is 10.1. The molecule has 0 aliphatic heterocycles. The second-order valence-electron chi connectivity index (χ2n) is 2.53.